The molecule has 1 saturated heterocycles. The van der Waals surface area contributed by atoms with Gasteiger partial charge in [0.1, 0.15) is 11.9 Å². The maximum atomic E-state index is 13.1. The molecule has 1 atom stereocenters. The Hall–Kier alpha value is -2.63. The Bertz CT molecular complexity index is 826. The van der Waals surface area contributed by atoms with Gasteiger partial charge in [0.15, 0.2) is 0 Å². The van der Waals surface area contributed by atoms with E-state index in [0.29, 0.717) is 29.2 Å². The third kappa shape index (κ3) is 2.50. The number of nitrogens with zero attached hydrogens (tertiary/aromatic N) is 2. The average molecular weight is 312 g/mol. The van der Waals surface area contributed by atoms with Crippen molar-refractivity contribution in [1.29, 1.82) is 0 Å². The van der Waals surface area contributed by atoms with Crippen LogP contribution in [-0.4, -0.2) is 22.8 Å². The summed E-state index contributed by atoms with van der Waals surface area (Å²) in [7, 11) is 0. The zero-order valence-electron chi connectivity index (χ0n) is 13.1. The lowest BCUT2D eigenvalue weighted by Gasteiger charge is -2.40. The van der Waals surface area contributed by atoms with Crippen LogP contribution in [0.2, 0.25) is 0 Å². The minimum absolute atomic E-state index is 0.222. The highest BCUT2D eigenvalue weighted by Gasteiger charge is 2.33. The molecule has 1 unspecified atom stereocenters. The Morgan fingerprint density at radius 3 is 2.87 bits per heavy atom. The fourth-order valence-corrected chi connectivity index (χ4v) is 3.06. The van der Waals surface area contributed by atoms with Crippen LogP contribution in [0.25, 0.3) is 5.88 Å². The second kappa shape index (κ2) is 5.87. The van der Waals surface area contributed by atoms with Crippen LogP contribution in [0.5, 0.6) is 0 Å². The molecule has 2 aliphatic rings. The summed E-state index contributed by atoms with van der Waals surface area (Å²) in [5.41, 5.74) is 0.906. The van der Waals surface area contributed by atoms with Gasteiger partial charge in [-0.05, 0) is 43.4 Å². The molecule has 0 radical (unpaired) electrons. The summed E-state index contributed by atoms with van der Waals surface area (Å²) in [4.78, 5) is 29.5. The molecule has 2 aliphatic heterocycles. The van der Waals surface area contributed by atoms with E-state index >= 15 is 0 Å². The van der Waals surface area contributed by atoms with E-state index in [2.05, 4.69) is 10.3 Å². The number of fused-ring (bicyclic) bond motifs is 1. The molecule has 0 spiro atoms. The van der Waals surface area contributed by atoms with Crippen LogP contribution in [0.15, 0.2) is 35.1 Å². The number of allylic oxidation sites excluding steroid dienone is 1. The molecule has 3 rings (SSSR count). The van der Waals surface area contributed by atoms with E-state index in [0.717, 1.165) is 5.56 Å². The summed E-state index contributed by atoms with van der Waals surface area (Å²) >= 11 is 0. The van der Waals surface area contributed by atoms with Gasteiger partial charge in [-0.25, -0.2) is 4.99 Å². The molecular weight excluding hydrogens is 294 g/mol. The van der Waals surface area contributed by atoms with Crippen LogP contribution in [0.3, 0.4) is 0 Å². The molecule has 6 heteroatoms. The minimum Gasteiger partial charge on any atom is -0.860 e. The molecule has 0 bridgehead atoms. The number of carbonyl (C=O) groups is 2. The van der Waals surface area contributed by atoms with Crippen LogP contribution >= 0.6 is 0 Å². The molecular formula is C17H18N3O3-. The van der Waals surface area contributed by atoms with E-state index in [9.17, 15) is 14.7 Å². The highest BCUT2D eigenvalue weighted by Crippen LogP contribution is 2.22. The van der Waals surface area contributed by atoms with Gasteiger partial charge in [-0.15, -0.1) is 0 Å². The summed E-state index contributed by atoms with van der Waals surface area (Å²) in [5, 5.41) is 16.5. The lowest BCUT2D eigenvalue weighted by Crippen LogP contribution is -2.56. The zero-order valence-corrected chi connectivity index (χ0v) is 13.1. The smallest absolute Gasteiger partial charge is 0.249 e. The third-order valence-corrected chi connectivity index (χ3v) is 4.20. The number of aryl methyl sites for hydroxylation is 1. The SMILES string of the molecule is CC=C1N=c2cccc(CC)c2=C([O-])N1C1CCC(=O)NC1=O. The lowest BCUT2D eigenvalue weighted by atomic mass is 10.0. The lowest BCUT2D eigenvalue weighted by molar-refractivity contribution is -0.273. The Kier molecular flexibility index (Phi) is 3.90. The molecule has 0 aromatic heterocycles. The second-order valence-electron chi connectivity index (χ2n) is 5.57. The van der Waals surface area contributed by atoms with Gasteiger partial charge < -0.3 is 10.0 Å². The zero-order chi connectivity index (χ0) is 16.6. The van der Waals surface area contributed by atoms with Gasteiger partial charge in [0, 0.05) is 11.6 Å². The first kappa shape index (κ1) is 15.3. The number of carbonyl (C=O) groups excluding carboxylic acids is 2. The average Bonchev–Trinajstić information content (AvgIpc) is 2.55. The first-order valence-electron chi connectivity index (χ1n) is 7.74. The minimum atomic E-state index is -0.701. The number of amides is 2. The fraction of sp³-hybridized carbons (Fsp3) is 0.353. The van der Waals surface area contributed by atoms with Gasteiger partial charge in [0.25, 0.3) is 0 Å². The van der Waals surface area contributed by atoms with Gasteiger partial charge in [0.2, 0.25) is 11.8 Å². The van der Waals surface area contributed by atoms with Crippen LogP contribution in [-0.2, 0) is 16.0 Å². The number of benzene rings is 1. The summed E-state index contributed by atoms with van der Waals surface area (Å²) in [6.45, 7) is 3.75. The van der Waals surface area contributed by atoms with Crippen molar-refractivity contribution in [3.05, 3.63) is 46.2 Å². The van der Waals surface area contributed by atoms with Crippen LogP contribution in [0.4, 0.5) is 0 Å². The standard InChI is InChI=1S/C17H19N3O3/c1-3-10-6-5-7-11-15(10)17(23)20(13(4-2)18-11)12-8-9-14(21)19-16(12)22/h4-7,12,23H,3,8-9H2,1-2H3,(H,19,21,22)/p-1. The maximum absolute atomic E-state index is 13.1. The predicted molar refractivity (Wildman–Crippen MR) is 81.8 cm³/mol. The number of piperidine rings is 1. The molecule has 1 fully saturated rings. The second-order valence-corrected chi connectivity index (χ2v) is 5.57. The molecule has 2 amide bonds. The molecule has 1 N–H and O–H groups in total. The van der Waals surface area contributed by atoms with E-state index in [-0.39, 0.29) is 18.2 Å². The number of rotatable bonds is 2. The normalized spacial score (nSPS) is 22.7. The summed E-state index contributed by atoms with van der Waals surface area (Å²) in [6, 6.07) is 4.88. The third-order valence-electron chi connectivity index (χ3n) is 4.20. The van der Waals surface area contributed by atoms with Gasteiger partial charge in [-0.2, -0.15) is 0 Å². The van der Waals surface area contributed by atoms with Crippen molar-refractivity contribution in [1.82, 2.24) is 10.2 Å². The first-order valence-corrected chi connectivity index (χ1v) is 7.74. The molecule has 6 nitrogen and oxygen atoms in total. The van der Waals surface area contributed by atoms with Gasteiger partial charge in [-0.1, -0.05) is 19.1 Å². The number of imide groups is 1. The van der Waals surface area contributed by atoms with E-state index in [1.165, 1.54) is 4.90 Å². The van der Waals surface area contributed by atoms with Crippen LogP contribution < -0.4 is 21.0 Å². The summed E-state index contributed by atoms with van der Waals surface area (Å²) < 4.78 is 0. The quantitative estimate of drug-likeness (QED) is 0.730. The van der Waals surface area contributed by atoms with Crippen molar-refractivity contribution in [2.24, 2.45) is 4.99 Å². The van der Waals surface area contributed by atoms with Crippen molar-refractivity contribution in [3.63, 3.8) is 0 Å². The molecule has 1 aromatic rings. The summed E-state index contributed by atoms with van der Waals surface area (Å²) in [6.07, 6.45) is 2.95. The highest BCUT2D eigenvalue weighted by molar-refractivity contribution is 6.00. The number of nitrogens with one attached hydrogen (secondary N) is 1. The topological polar surface area (TPSA) is 84.8 Å². The van der Waals surface area contributed by atoms with Gasteiger partial charge in [-0.3, -0.25) is 14.9 Å². The number of hydrogen-bond acceptors (Lipinski definition) is 5. The molecule has 0 saturated carbocycles. The van der Waals surface area contributed by atoms with Crippen molar-refractivity contribution < 1.29 is 14.7 Å². The van der Waals surface area contributed by atoms with Crippen LogP contribution in [0, 0.1) is 0 Å². The Balaban J connectivity index is 2.19. The fourth-order valence-electron chi connectivity index (χ4n) is 3.06. The molecule has 23 heavy (non-hydrogen) atoms. The highest BCUT2D eigenvalue weighted by atomic mass is 16.3. The number of hydrogen-bond donors (Lipinski definition) is 1. The first-order chi connectivity index (χ1) is 11.1. The van der Waals surface area contributed by atoms with Crippen LogP contribution in [0.1, 0.15) is 32.3 Å². The maximum Gasteiger partial charge on any atom is 0.249 e. The Morgan fingerprint density at radius 2 is 2.22 bits per heavy atom. The summed E-state index contributed by atoms with van der Waals surface area (Å²) in [5.74, 6) is -0.522. The predicted octanol–water partition coefficient (Wildman–Crippen LogP) is -0.723. The van der Waals surface area contributed by atoms with Gasteiger partial charge >= 0.3 is 0 Å². The van der Waals surface area contributed by atoms with Gasteiger partial charge in [0.05, 0.1) is 5.36 Å². The molecule has 2 heterocycles. The monoisotopic (exact) mass is 312 g/mol. The van der Waals surface area contributed by atoms with Crippen molar-refractivity contribution in [2.75, 3.05) is 0 Å². The molecule has 0 aliphatic carbocycles. The van der Waals surface area contributed by atoms with Crippen molar-refractivity contribution in [3.8, 4) is 0 Å². The van der Waals surface area contributed by atoms with Crippen molar-refractivity contribution in [2.45, 2.75) is 39.2 Å². The van der Waals surface area contributed by atoms with E-state index in [1.807, 2.05) is 19.1 Å². The largest absolute Gasteiger partial charge is 0.860 e. The molecule has 1 aromatic carbocycles. The Labute approximate surface area is 133 Å². The van der Waals surface area contributed by atoms with Crippen molar-refractivity contribution >= 4 is 17.7 Å². The van der Waals surface area contributed by atoms with E-state index in [4.69, 9.17) is 0 Å². The van der Waals surface area contributed by atoms with E-state index < -0.39 is 11.9 Å². The van der Waals surface area contributed by atoms with E-state index in [1.54, 1.807) is 19.1 Å². The Morgan fingerprint density at radius 1 is 1.43 bits per heavy atom. The molecule has 120 valence electrons.